The molecule has 2 rings (SSSR count). The quantitative estimate of drug-likeness (QED) is 0.859. The minimum atomic E-state index is -0.0231. The summed E-state index contributed by atoms with van der Waals surface area (Å²) in [5.41, 5.74) is 3.00. The van der Waals surface area contributed by atoms with Gasteiger partial charge >= 0.3 is 0 Å². The van der Waals surface area contributed by atoms with Crippen molar-refractivity contribution in [2.45, 2.75) is 13.0 Å². The van der Waals surface area contributed by atoms with Crippen LogP contribution >= 0.6 is 0 Å². The van der Waals surface area contributed by atoms with Gasteiger partial charge in [-0.15, -0.1) is 0 Å². The Kier molecular flexibility index (Phi) is 5.12. The third-order valence-electron chi connectivity index (χ3n) is 3.43. The lowest BCUT2D eigenvalue weighted by Crippen LogP contribution is -3.06. The Morgan fingerprint density at radius 3 is 2.24 bits per heavy atom. The number of nitrogens with one attached hydrogen (secondary N) is 2. The number of carbonyl (C=O) groups is 1. The van der Waals surface area contributed by atoms with Crippen molar-refractivity contribution in [3.63, 3.8) is 0 Å². The van der Waals surface area contributed by atoms with Crippen molar-refractivity contribution >= 4 is 5.91 Å². The molecule has 0 fully saturated rings. The third kappa shape index (κ3) is 4.43. The lowest BCUT2D eigenvalue weighted by atomic mass is 10.1. The molecule has 21 heavy (non-hydrogen) atoms. The summed E-state index contributed by atoms with van der Waals surface area (Å²) < 4.78 is 0. The molecular formula is C18H23N2O+. The number of amides is 1. The maximum absolute atomic E-state index is 12.4. The average molecular weight is 283 g/mol. The molecule has 0 aliphatic carbocycles. The summed E-state index contributed by atoms with van der Waals surface area (Å²) in [6, 6.07) is 17.8. The van der Waals surface area contributed by atoms with E-state index < -0.39 is 0 Å². The van der Waals surface area contributed by atoms with Crippen LogP contribution in [0.15, 0.2) is 54.6 Å². The summed E-state index contributed by atoms with van der Waals surface area (Å²) >= 11 is 0. The van der Waals surface area contributed by atoms with Gasteiger partial charge in [-0.2, -0.15) is 0 Å². The zero-order valence-electron chi connectivity index (χ0n) is 12.9. The summed E-state index contributed by atoms with van der Waals surface area (Å²) in [5, 5.41) is 3.14. The lowest BCUT2D eigenvalue weighted by Gasteiger charge is -2.21. The van der Waals surface area contributed by atoms with Crippen molar-refractivity contribution in [1.29, 1.82) is 0 Å². The molecule has 2 aromatic carbocycles. The van der Waals surface area contributed by atoms with Gasteiger partial charge in [-0.3, -0.25) is 4.79 Å². The van der Waals surface area contributed by atoms with E-state index in [-0.39, 0.29) is 11.9 Å². The smallest absolute Gasteiger partial charge is 0.251 e. The van der Waals surface area contributed by atoms with Gasteiger partial charge in [0.2, 0.25) is 0 Å². The van der Waals surface area contributed by atoms with Crippen molar-refractivity contribution in [3.05, 3.63) is 71.3 Å². The molecule has 0 saturated heterocycles. The molecule has 0 radical (unpaired) electrons. The number of hydrogen-bond acceptors (Lipinski definition) is 1. The second-order valence-corrected chi connectivity index (χ2v) is 5.71. The molecule has 2 aromatic rings. The fourth-order valence-electron chi connectivity index (χ4n) is 2.29. The van der Waals surface area contributed by atoms with Gasteiger partial charge in [-0.05, 0) is 24.6 Å². The van der Waals surface area contributed by atoms with Gasteiger partial charge in [0.05, 0.1) is 14.1 Å². The van der Waals surface area contributed by atoms with E-state index in [1.807, 2.05) is 49.4 Å². The number of aryl methyl sites for hydroxylation is 1. The molecule has 0 aliphatic heterocycles. The van der Waals surface area contributed by atoms with Crippen LogP contribution in [-0.2, 0) is 0 Å². The molecule has 3 nitrogen and oxygen atoms in total. The first kappa shape index (κ1) is 15.3. The van der Waals surface area contributed by atoms with Crippen molar-refractivity contribution < 1.29 is 9.69 Å². The van der Waals surface area contributed by atoms with E-state index in [1.165, 1.54) is 4.90 Å². The number of rotatable bonds is 5. The fraction of sp³-hybridized carbons (Fsp3) is 0.278. The van der Waals surface area contributed by atoms with Crippen LogP contribution in [0.4, 0.5) is 0 Å². The first-order valence-corrected chi connectivity index (χ1v) is 7.28. The molecule has 0 saturated carbocycles. The van der Waals surface area contributed by atoms with Crippen LogP contribution in [0, 0.1) is 6.92 Å². The van der Waals surface area contributed by atoms with Gasteiger partial charge in [0.25, 0.3) is 5.91 Å². The number of likely N-dealkylation sites (N-methyl/N-ethyl adjacent to an activating group) is 1. The van der Waals surface area contributed by atoms with E-state index >= 15 is 0 Å². The minimum Gasteiger partial charge on any atom is -0.340 e. The van der Waals surface area contributed by atoms with Crippen LogP contribution < -0.4 is 10.2 Å². The Morgan fingerprint density at radius 2 is 1.67 bits per heavy atom. The van der Waals surface area contributed by atoms with E-state index in [0.29, 0.717) is 5.56 Å². The molecule has 0 heterocycles. The second-order valence-electron chi connectivity index (χ2n) is 5.71. The van der Waals surface area contributed by atoms with Crippen LogP contribution in [0.2, 0.25) is 0 Å². The maximum atomic E-state index is 12.4. The van der Waals surface area contributed by atoms with Gasteiger partial charge < -0.3 is 10.2 Å². The molecule has 0 spiro atoms. The van der Waals surface area contributed by atoms with Gasteiger partial charge in [-0.25, -0.2) is 0 Å². The summed E-state index contributed by atoms with van der Waals surface area (Å²) in [6.45, 7) is 2.87. The molecule has 110 valence electrons. The predicted molar refractivity (Wildman–Crippen MR) is 85.5 cm³/mol. The van der Waals surface area contributed by atoms with Crippen LogP contribution in [-0.4, -0.2) is 26.5 Å². The fourth-order valence-corrected chi connectivity index (χ4v) is 2.29. The molecule has 0 bridgehead atoms. The number of carbonyl (C=O) groups excluding carboxylic acids is 1. The molecule has 1 atom stereocenters. The first-order valence-electron chi connectivity index (χ1n) is 7.28. The Balaban J connectivity index is 2.15. The molecule has 1 amide bonds. The van der Waals surface area contributed by atoms with Gasteiger partial charge in [0, 0.05) is 5.56 Å². The van der Waals surface area contributed by atoms with E-state index in [9.17, 15) is 4.79 Å². The largest absolute Gasteiger partial charge is 0.340 e. The minimum absolute atomic E-state index is 0.0185. The molecule has 0 unspecified atom stereocenters. The third-order valence-corrected chi connectivity index (χ3v) is 3.43. The van der Waals surface area contributed by atoms with E-state index in [4.69, 9.17) is 0 Å². The molecule has 0 aliphatic rings. The first-order chi connectivity index (χ1) is 10.1. The summed E-state index contributed by atoms with van der Waals surface area (Å²) in [7, 11) is 4.18. The van der Waals surface area contributed by atoms with Gasteiger partial charge in [-0.1, -0.05) is 48.0 Å². The van der Waals surface area contributed by atoms with Crippen molar-refractivity contribution in [2.75, 3.05) is 20.6 Å². The highest BCUT2D eigenvalue weighted by atomic mass is 16.1. The maximum Gasteiger partial charge on any atom is 0.251 e. The molecule has 2 N–H and O–H groups in total. The van der Waals surface area contributed by atoms with Crippen molar-refractivity contribution in [1.82, 2.24) is 5.32 Å². The van der Waals surface area contributed by atoms with Crippen molar-refractivity contribution in [2.24, 2.45) is 0 Å². The number of quaternary nitrogens is 1. The topological polar surface area (TPSA) is 33.5 Å². The summed E-state index contributed by atoms with van der Waals surface area (Å²) in [4.78, 5) is 13.7. The average Bonchev–Trinajstić information content (AvgIpc) is 2.47. The Bertz CT molecular complexity index is 576. The van der Waals surface area contributed by atoms with Crippen LogP contribution in [0.1, 0.15) is 27.5 Å². The summed E-state index contributed by atoms with van der Waals surface area (Å²) in [6.07, 6.45) is 0. The standard InChI is InChI=1S/C18H22N2O/c1-14-9-11-16(12-10-14)18(21)19-17(13-20(2)3)15-7-5-4-6-8-15/h4-12,17H,13H2,1-3H3,(H,19,21)/p+1/t17-/m1/s1. The number of hydrogen-bond donors (Lipinski definition) is 2. The highest BCUT2D eigenvalue weighted by Gasteiger charge is 2.18. The van der Waals surface area contributed by atoms with Crippen LogP contribution in [0.25, 0.3) is 0 Å². The summed E-state index contributed by atoms with van der Waals surface area (Å²) in [5.74, 6) is -0.0231. The highest BCUT2D eigenvalue weighted by Crippen LogP contribution is 2.12. The normalized spacial score (nSPS) is 12.2. The van der Waals surface area contributed by atoms with Crippen LogP contribution in [0.5, 0.6) is 0 Å². The Hall–Kier alpha value is -2.13. The zero-order valence-corrected chi connectivity index (χ0v) is 12.9. The molecular weight excluding hydrogens is 260 g/mol. The van der Waals surface area contributed by atoms with E-state index in [2.05, 4.69) is 31.5 Å². The van der Waals surface area contributed by atoms with Gasteiger partial charge in [0.15, 0.2) is 0 Å². The number of benzene rings is 2. The highest BCUT2D eigenvalue weighted by molar-refractivity contribution is 5.94. The van der Waals surface area contributed by atoms with Crippen LogP contribution in [0.3, 0.4) is 0 Å². The second kappa shape index (κ2) is 7.04. The van der Waals surface area contributed by atoms with Crippen molar-refractivity contribution in [3.8, 4) is 0 Å². The Morgan fingerprint density at radius 1 is 1.05 bits per heavy atom. The molecule has 3 heteroatoms. The SMILES string of the molecule is Cc1ccc(C(=O)N[C@H](C[NH+](C)C)c2ccccc2)cc1. The lowest BCUT2D eigenvalue weighted by molar-refractivity contribution is -0.860. The Labute approximate surface area is 126 Å². The zero-order chi connectivity index (χ0) is 15.2. The van der Waals surface area contributed by atoms with E-state index in [1.54, 1.807) is 0 Å². The van der Waals surface area contributed by atoms with E-state index in [0.717, 1.165) is 17.7 Å². The monoisotopic (exact) mass is 283 g/mol. The predicted octanol–water partition coefficient (Wildman–Crippen LogP) is 1.61. The molecule has 0 aromatic heterocycles. The van der Waals surface area contributed by atoms with Gasteiger partial charge in [0.1, 0.15) is 12.6 Å².